The highest BCUT2D eigenvalue weighted by molar-refractivity contribution is 5.26. The molecule has 0 nitrogen and oxygen atoms in total. The maximum Gasteiger partial charge on any atom is 0.123 e. The van der Waals surface area contributed by atoms with Crippen molar-refractivity contribution in [3.05, 3.63) is 35.1 Å². The van der Waals surface area contributed by atoms with Crippen LogP contribution in [-0.4, -0.2) is 0 Å². The molecular formula is C10H9F. The molecule has 0 aliphatic rings. The van der Waals surface area contributed by atoms with Crippen LogP contribution >= 0.6 is 0 Å². The molecule has 11 heavy (non-hydrogen) atoms. The molecule has 0 fully saturated rings. The first-order valence-corrected chi connectivity index (χ1v) is 3.42. The molecule has 0 N–H and O–H groups in total. The van der Waals surface area contributed by atoms with E-state index in [9.17, 15) is 4.39 Å². The first kappa shape index (κ1) is 7.81. The van der Waals surface area contributed by atoms with Gasteiger partial charge in [0.1, 0.15) is 5.82 Å². The SMILES string of the molecule is C#CCc1cc(C)cc(F)c1. The van der Waals surface area contributed by atoms with Crippen LogP contribution in [0.2, 0.25) is 0 Å². The molecule has 0 saturated carbocycles. The van der Waals surface area contributed by atoms with E-state index in [2.05, 4.69) is 5.92 Å². The molecule has 0 atom stereocenters. The lowest BCUT2D eigenvalue weighted by Crippen LogP contribution is -1.85. The highest BCUT2D eigenvalue weighted by Gasteiger charge is 1.95. The van der Waals surface area contributed by atoms with Gasteiger partial charge in [0.05, 0.1) is 0 Å². The summed E-state index contributed by atoms with van der Waals surface area (Å²) in [5.41, 5.74) is 1.78. The van der Waals surface area contributed by atoms with Gasteiger partial charge in [-0.25, -0.2) is 4.39 Å². The Kier molecular flexibility index (Phi) is 2.28. The van der Waals surface area contributed by atoms with Gasteiger partial charge in [0.2, 0.25) is 0 Å². The zero-order valence-electron chi connectivity index (χ0n) is 6.39. The van der Waals surface area contributed by atoms with Gasteiger partial charge in [0.15, 0.2) is 0 Å². The van der Waals surface area contributed by atoms with E-state index in [1.165, 1.54) is 12.1 Å². The van der Waals surface area contributed by atoms with Crippen LogP contribution in [0.5, 0.6) is 0 Å². The summed E-state index contributed by atoms with van der Waals surface area (Å²) in [5, 5.41) is 0. The molecule has 0 amide bonds. The molecule has 1 rings (SSSR count). The van der Waals surface area contributed by atoms with Gasteiger partial charge in [0, 0.05) is 6.42 Å². The Bertz CT molecular complexity index is 274. The summed E-state index contributed by atoms with van der Waals surface area (Å²) in [6, 6.07) is 4.84. The van der Waals surface area contributed by atoms with Crippen LogP contribution in [0.25, 0.3) is 0 Å². The number of terminal acetylenes is 1. The zero-order chi connectivity index (χ0) is 8.27. The van der Waals surface area contributed by atoms with Gasteiger partial charge in [-0.1, -0.05) is 6.07 Å². The summed E-state index contributed by atoms with van der Waals surface area (Å²) in [4.78, 5) is 0. The van der Waals surface area contributed by atoms with Gasteiger partial charge in [-0.05, 0) is 30.2 Å². The van der Waals surface area contributed by atoms with Crippen LogP contribution < -0.4 is 0 Å². The van der Waals surface area contributed by atoms with Crippen LogP contribution in [0.15, 0.2) is 18.2 Å². The van der Waals surface area contributed by atoms with Gasteiger partial charge in [-0.15, -0.1) is 12.3 Å². The summed E-state index contributed by atoms with van der Waals surface area (Å²) in [7, 11) is 0. The Morgan fingerprint density at radius 1 is 1.45 bits per heavy atom. The molecule has 0 spiro atoms. The summed E-state index contributed by atoms with van der Waals surface area (Å²) in [6.07, 6.45) is 5.59. The Morgan fingerprint density at radius 3 is 2.73 bits per heavy atom. The van der Waals surface area contributed by atoms with Crippen LogP contribution in [0, 0.1) is 25.1 Å². The van der Waals surface area contributed by atoms with E-state index in [1.54, 1.807) is 0 Å². The van der Waals surface area contributed by atoms with Crippen molar-refractivity contribution in [2.75, 3.05) is 0 Å². The number of halogens is 1. The third kappa shape index (κ3) is 2.09. The normalized spacial score (nSPS) is 9.18. The summed E-state index contributed by atoms with van der Waals surface area (Å²) in [6.45, 7) is 1.85. The monoisotopic (exact) mass is 148 g/mol. The largest absolute Gasteiger partial charge is 0.207 e. The Morgan fingerprint density at radius 2 is 2.18 bits per heavy atom. The average Bonchev–Trinajstić information content (AvgIpc) is 1.85. The second kappa shape index (κ2) is 3.21. The van der Waals surface area contributed by atoms with Gasteiger partial charge in [-0.3, -0.25) is 0 Å². The maximum atomic E-state index is 12.7. The van der Waals surface area contributed by atoms with Gasteiger partial charge >= 0.3 is 0 Å². The van der Waals surface area contributed by atoms with Crippen LogP contribution in [0.1, 0.15) is 11.1 Å². The summed E-state index contributed by atoms with van der Waals surface area (Å²) >= 11 is 0. The number of hydrogen-bond acceptors (Lipinski definition) is 0. The van der Waals surface area contributed by atoms with Crippen LogP contribution in [-0.2, 0) is 6.42 Å². The molecule has 0 bridgehead atoms. The fourth-order valence-electron chi connectivity index (χ4n) is 1.03. The minimum Gasteiger partial charge on any atom is -0.207 e. The van der Waals surface area contributed by atoms with Crippen molar-refractivity contribution in [2.24, 2.45) is 0 Å². The van der Waals surface area contributed by atoms with Gasteiger partial charge in [0.25, 0.3) is 0 Å². The smallest absolute Gasteiger partial charge is 0.123 e. The van der Waals surface area contributed by atoms with E-state index in [0.717, 1.165) is 11.1 Å². The lowest BCUT2D eigenvalue weighted by atomic mass is 10.1. The second-order valence-electron chi connectivity index (χ2n) is 2.52. The first-order valence-electron chi connectivity index (χ1n) is 3.42. The minimum absolute atomic E-state index is 0.213. The number of hydrogen-bond donors (Lipinski definition) is 0. The topological polar surface area (TPSA) is 0 Å². The van der Waals surface area contributed by atoms with Crippen molar-refractivity contribution in [3.63, 3.8) is 0 Å². The molecule has 56 valence electrons. The molecule has 1 aromatic carbocycles. The molecule has 1 heteroatoms. The third-order valence-corrected chi connectivity index (χ3v) is 1.41. The fraction of sp³-hybridized carbons (Fsp3) is 0.200. The lowest BCUT2D eigenvalue weighted by Gasteiger charge is -1.97. The van der Waals surface area contributed by atoms with E-state index in [0.29, 0.717) is 6.42 Å². The van der Waals surface area contributed by atoms with Crippen LogP contribution in [0.3, 0.4) is 0 Å². The molecule has 0 aromatic heterocycles. The Labute approximate surface area is 66.1 Å². The molecular weight excluding hydrogens is 139 g/mol. The molecule has 0 heterocycles. The maximum absolute atomic E-state index is 12.7. The molecule has 0 unspecified atom stereocenters. The minimum atomic E-state index is -0.213. The zero-order valence-corrected chi connectivity index (χ0v) is 6.39. The number of rotatable bonds is 1. The van der Waals surface area contributed by atoms with E-state index >= 15 is 0 Å². The molecule has 1 aromatic rings. The Balaban J connectivity index is 3.01. The first-order chi connectivity index (χ1) is 5.22. The number of aryl methyl sites for hydroxylation is 1. The fourth-order valence-corrected chi connectivity index (χ4v) is 1.03. The van der Waals surface area contributed by atoms with E-state index in [4.69, 9.17) is 6.42 Å². The van der Waals surface area contributed by atoms with E-state index in [1.807, 2.05) is 13.0 Å². The lowest BCUT2D eigenvalue weighted by molar-refractivity contribution is 0.625. The average molecular weight is 148 g/mol. The van der Waals surface area contributed by atoms with Crippen molar-refractivity contribution in [1.82, 2.24) is 0 Å². The van der Waals surface area contributed by atoms with Crippen molar-refractivity contribution in [3.8, 4) is 12.3 Å². The van der Waals surface area contributed by atoms with Gasteiger partial charge in [-0.2, -0.15) is 0 Å². The summed E-state index contributed by atoms with van der Waals surface area (Å²) < 4.78 is 12.7. The molecule has 0 aliphatic heterocycles. The summed E-state index contributed by atoms with van der Waals surface area (Å²) in [5.74, 6) is 2.26. The second-order valence-corrected chi connectivity index (χ2v) is 2.52. The molecule has 0 aliphatic carbocycles. The van der Waals surface area contributed by atoms with Crippen molar-refractivity contribution >= 4 is 0 Å². The van der Waals surface area contributed by atoms with E-state index < -0.39 is 0 Å². The quantitative estimate of drug-likeness (QED) is 0.536. The molecule has 0 radical (unpaired) electrons. The van der Waals surface area contributed by atoms with Crippen LogP contribution in [0.4, 0.5) is 4.39 Å². The highest BCUT2D eigenvalue weighted by atomic mass is 19.1. The third-order valence-electron chi connectivity index (χ3n) is 1.41. The predicted molar refractivity (Wildman–Crippen MR) is 43.7 cm³/mol. The van der Waals surface area contributed by atoms with Gasteiger partial charge < -0.3 is 0 Å². The van der Waals surface area contributed by atoms with Crippen molar-refractivity contribution < 1.29 is 4.39 Å². The predicted octanol–water partition coefficient (Wildman–Crippen LogP) is 2.31. The van der Waals surface area contributed by atoms with Crippen molar-refractivity contribution in [2.45, 2.75) is 13.3 Å². The van der Waals surface area contributed by atoms with E-state index in [-0.39, 0.29) is 5.82 Å². The standard InChI is InChI=1S/C10H9F/c1-3-4-9-5-8(2)6-10(11)7-9/h1,5-7H,4H2,2H3. The number of benzene rings is 1. The highest BCUT2D eigenvalue weighted by Crippen LogP contribution is 2.08. The van der Waals surface area contributed by atoms with Crippen molar-refractivity contribution in [1.29, 1.82) is 0 Å². The Hall–Kier alpha value is -1.29. The molecule has 0 saturated heterocycles.